The Balaban J connectivity index is 1.84. The summed E-state index contributed by atoms with van der Waals surface area (Å²) in [5.74, 6) is 0.387. The molecule has 23 heavy (non-hydrogen) atoms. The summed E-state index contributed by atoms with van der Waals surface area (Å²) < 4.78 is 0. The first-order valence-electron chi connectivity index (χ1n) is 7.25. The molecule has 2 aromatic heterocycles. The molecule has 0 spiro atoms. The molecule has 6 nitrogen and oxygen atoms in total. The molecule has 120 valence electrons. The van der Waals surface area contributed by atoms with E-state index in [1.54, 1.807) is 24.5 Å². The molecular weight excluding hydrogens is 310 g/mol. The summed E-state index contributed by atoms with van der Waals surface area (Å²) in [5, 5.41) is 15.8. The SMILES string of the molecule is CC(C)(C)c1ncc(C(=O)NCCNc2ncccc2C#N)s1. The molecule has 7 heteroatoms. The minimum Gasteiger partial charge on any atom is -0.367 e. The van der Waals surface area contributed by atoms with Gasteiger partial charge >= 0.3 is 0 Å². The molecule has 0 saturated carbocycles. The molecule has 0 aromatic carbocycles. The number of carbonyl (C=O) groups is 1. The molecule has 0 radical (unpaired) electrons. The number of pyridine rings is 1. The van der Waals surface area contributed by atoms with Gasteiger partial charge < -0.3 is 10.6 Å². The third-order valence-corrected chi connectivity index (χ3v) is 4.42. The first-order valence-corrected chi connectivity index (χ1v) is 8.07. The highest BCUT2D eigenvalue weighted by molar-refractivity contribution is 7.13. The molecule has 2 aromatic rings. The summed E-state index contributed by atoms with van der Waals surface area (Å²) >= 11 is 1.41. The lowest BCUT2D eigenvalue weighted by molar-refractivity contribution is 0.0959. The van der Waals surface area contributed by atoms with Crippen LogP contribution in [0.3, 0.4) is 0 Å². The summed E-state index contributed by atoms with van der Waals surface area (Å²) in [6.45, 7) is 7.12. The van der Waals surface area contributed by atoms with Gasteiger partial charge in [0.1, 0.15) is 16.8 Å². The predicted octanol–water partition coefficient (Wildman–Crippen LogP) is 2.55. The van der Waals surface area contributed by atoms with Crippen LogP contribution < -0.4 is 10.6 Å². The fourth-order valence-corrected chi connectivity index (χ4v) is 2.70. The van der Waals surface area contributed by atoms with Gasteiger partial charge in [0, 0.05) is 24.7 Å². The predicted molar refractivity (Wildman–Crippen MR) is 90.6 cm³/mol. The quantitative estimate of drug-likeness (QED) is 0.823. The molecule has 0 atom stereocenters. The Kier molecular flexibility index (Phi) is 5.29. The van der Waals surface area contributed by atoms with Gasteiger partial charge in [-0.1, -0.05) is 20.8 Å². The largest absolute Gasteiger partial charge is 0.367 e. The second-order valence-electron chi connectivity index (χ2n) is 5.97. The number of hydrogen-bond donors (Lipinski definition) is 2. The zero-order valence-electron chi connectivity index (χ0n) is 13.4. The van der Waals surface area contributed by atoms with Crippen LogP contribution in [0.15, 0.2) is 24.5 Å². The summed E-state index contributed by atoms with van der Waals surface area (Å²) in [6.07, 6.45) is 3.23. The molecule has 0 fully saturated rings. The summed E-state index contributed by atoms with van der Waals surface area (Å²) in [4.78, 5) is 21.1. The molecule has 0 aliphatic rings. The standard InChI is InChI=1S/C16H19N5OS/c1-16(2,3)15-21-10-12(23-15)14(22)20-8-7-19-13-11(9-17)5-4-6-18-13/h4-6,10H,7-8H2,1-3H3,(H,18,19)(H,20,22). The highest BCUT2D eigenvalue weighted by Gasteiger charge is 2.20. The van der Waals surface area contributed by atoms with E-state index in [0.717, 1.165) is 5.01 Å². The average Bonchev–Trinajstić information content (AvgIpc) is 3.02. The summed E-state index contributed by atoms with van der Waals surface area (Å²) in [7, 11) is 0. The van der Waals surface area contributed by atoms with Crippen LogP contribution in [0.5, 0.6) is 0 Å². The molecule has 0 aliphatic carbocycles. The van der Waals surface area contributed by atoms with Crippen molar-refractivity contribution >= 4 is 23.1 Å². The molecule has 1 amide bonds. The Labute approximate surface area is 139 Å². The minimum absolute atomic E-state index is 0.0581. The number of amides is 1. The number of aromatic nitrogens is 2. The number of hydrogen-bond acceptors (Lipinski definition) is 6. The molecule has 2 heterocycles. The zero-order chi connectivity index (χ0) is 16.9. The van der Waals surface area contributed by atoms with Crippen molar-refractivity contribution < 1.29 is 4.79 Å². The van der Waals surface area contributed by atoms with Crippen LogP contribution in [0.2, 0.25) is 0 Å². The fraction of sp³-hybridized carbons (Fsp3) is 0.375. The van der Waals surface area contributed by atoms with Crippen molar-refractivity contribution in [3.8, 4) is 6.07 Å². The third-order valence-electron chi connectivity index (χ3n) is 3.00. The summed E-state index contributed by atoms with van der Waals surface area (Å²) in [5.41, 5.74) is 0.424. The van der Waals surface area contributed by atoms with E-state index < -0.39 is 0 Å². The molecule has 0 bridgehead atoms. The van der Waals surface area contributed by atoms with Crippen LogP contribution in [0.1, 0.15) is 41.0 Å². The van der Waals surface area contributed by atoms with Crippen molar-refractivity contribution in [2.45, 2.75) is 26.2 Å². The lowest BCUT2D eigenvalue weighted by atomic mass is 9.98. The topological polar surface area (TPSA) is 90.7 Å². The van der Waals surface area contributed by atoms with Gasteiger partial charge in [0.15, 0.2) is 0 Å². The lowest BCUT2D eigenvalue weighted by Gasteiger charge is -2.13. The molecule has 0 unspecified atom stereocenters. The second kappa shape index (κ2) is 7.20. The van der Waals surface area contributed by atoms with E-state index in [4.69, 9.17) is 5.26 Å². The number of rotatable bonds is 5. The zero-order valence-corrected chi connectivity index (χ0v) is 14.2. The smallest absolute Gasteiger partial charge is 0.263 e. The molecule has 2 N–H and O–H groups in total. The molecule has 0 saturated heterocycles. The van der Waals surface area contributed by atoms with Crippen LogP contribution in [0, 0.1) is 11.3 Å². The second-order valence-corrected chi connectivity index (χ2v) is 7.00. The van der Waals surface area contributed by atoms with Crippen LogP contribution in [0.4, 0.5) is 5.82 Å². The van der Waals surface area contributed by atoms with E-state index in [9.17, 15) is 4.79 Å². The van der Waals surface area contributed by atoms with Crippen LogP contribution in [-0.2, 0) is 5.41 Å². The maximum absolute atomic E-state index is 12.1. The number of nitrogens with one attached hydrogen (secondary N) is 2. The number of carbonyl (C=O) groups excluding carboxylic acids is 1. The van der Waals surface area contributed by atoms with E-state index in [0.29, 0.717) is 29.3 Å². The highest BCUT2D eigenvalue weighted by Crippen LogP contribution is 2.26. The van der Waals surface area contributed by atoms with E-state index >= 15 is 0 Å². The van der Waals surface area contributed by atoms with Crippen LogP contribution >= 0.6 is 11.3 Å². The Morgan fingerprint density at radius 2 is 2.13 bits per heavy atom. The Morgan fingerprint density at radius 3 is 2.78 bits per heavy atom. The van der Waals surface area contributed by atoms with Gasteiger partial charge in [-0.15, -0.1) is 11.3 Å². The van der Waals surface area contributed by atoms with Gasteiger partial charge in [-0.05, 0) is 12.1 Å². The monoisotopic (exact) mass is 329 g/mol. The minimum atomic E-state index is -0.138. The normalized spacial score (nSPS) is 10.9. The van der Waals surface area contributed by atoms with Gasteiger partial charge in [-0.25, -0.2) is 9.97 Å². The average molecular weight is 329 g/mol. The highest BCUT2D eigenvalue weighted by atomic mass is 32.1. The Morgan fingerprint density at radius 1 is 1.35 bits per heavy atom. The maximum atomic E-state index is 12.1. The maximum Gasteiger partial charge on any atom is 0.263 e. The van der Waals surface area contributed by atoms with Gasteiger partial charge in [-0.2, -0.15) is 5.26 Å². The molecule has 0 aliphatic heterocycles. The number of anilines is 1. The first-order chi connectivity index (χ1) is 10.9. The molecular formula is C16H19N5OS. The third kappa shape index (κ3) is 4.50. The van der Waals surface area contributed by atoms with Gasteiger partial charge in [0.2, 0.25) is 0 Å². The van der Waals surface area contributed by atoms with Crippen molar-refractivity contribution in [1.82, 2.24) is 15.3 Å². The van der Waals surface area contributed by atoms with E-state index in [-0.39, 0.29) is 11.3 Å². The number of thiazole rings is 1. The Bertz CT molecular complexity index is 727. The number of nitriles is 1. The van der Waals surface area contributed by atoms with Crippen LogP contribution in [-0.4, -0.2) is 29.0 Å². The first kappa shape index (κ1) is 16.9. The van der Waals surface area contributed by atoms with Gasteiger partial charge in [0.25, 0.3) is 5.91 Å². The summed E-state index contributed by atoms with van der Waals surface area (Å²) in [6, 6.07) is 5.47. The van der Waals surface area contributed by atoms with Gasteiger partial charge in [-0.3, -0.25) is 4.79 Å². The van der Waals surface area contributed by atoms with E-state index in [1.165, 1.54) is 11.3 Å². The van der Waals surface area contributed by atoms with Crippen molar-refractivity contribution in [2.24, 2.45) is 0 Å². The van der Waals surface area contributed by atoms with Gasteiger partial charge in [0.05, 0.1) is 16.8 Å². The van der Waals surface area contributed by atoms with Crippen LogP contribution in [0.25, 0.3) is 0 Å². The fourth-order valence-electron chi connectivity index (χ4n) is 1.81. The van der Waals surface area contributed by atoms with Crippen molar-refractivity contribution in [2.75, 3.05) is 18.4 Å². The van der Waals surface area contributed by atoms with E-state index in [1.807, 2.05) is 0 Å². The van der Waals surface area contributed by atoms with Crippen molar-refractivity contribution in [1.29, 1.82) is 5.26 Å². The lowest BCUT2D eigenvalue weighted by Crippen LogP contribution is -2.28. The number of nitrogens with zero attached hydrogens (tertiary/aromatic N) is 3. The van der Waals surface area contributed by atoms with Crippen molar-refractivity contribution in [3.63, 3.8) is 0 Å². The van der Waals surface area contributed by atoms with E-state index in [2.05, 4.69) is 47.4 Å². The Hall–Kier alpha value is -2.46. The molecule has 2 rings (SSSR count). The van der Waals surface area contributed by atoms with Crippen molar-refractivity contribution in [3.05, 3.63) is 40.0 Å².